The highest BCUT2D eigenvalue weighted by molar-refractivity contribution is 5.20. The van der Waals surface area contributed by atoms with E-state index in [1.807, 2.05) is 0 Å². The third-order valence-electron chi connectivity index (χ3n) is 4.43. The lowest BCUT2D eigenvalue weighted by Gasteiger charge is -2.18. The third-order valence-corrected chi connectivity index (χ3v) is 4.43. The van der Waals surface area contributed by atoms with Crippen LogP contribution in [-0.4, -0.2) is 24.5 Å². The summed E-state index contributed by atoms with van der Waals surface area (Å²) in [7, 11) is 0. The van der Waals surface area contributed by atoms with Crippen molar-refractivity contribution in [2.45, 2.75) is 60.0 Å². The van der Waals surface area contributed by atoms with Crippen LogP contribution in [0.5, 0.6) is 0 Å². The molecule has 0 aromatic carbocycles. The minimum Gasteiger partial charge on any atom is -0.465 e. The first kappa shape index (κ1) is 16.6. The van der Waals surface area contributed by atoms with Crippen LogP contribution in [0.1, 0.15) is 57.1 Å². The molecule has 1 N–H and O–H groups in total. The zero-order valence-corrected chi connectivity index (χ0v) is 14.2. The highest BCUT2D eigenvalue weighted by Gasteiger charge is 2.16. The Morgan fingerprint density at radius 3 is 2.90 bits per heavy atom. The van der Waals surface area contributed by atoms with Crippen molar-refractivity contribution in [2.75, 3.05) is 19.6 Å². The van der Waals surface area contributed by atoms with E-state index in [1.54, 1.807) is 0 Å². The molecule has 3 heteroatoms. The normalized spacial score (nSPS) is 20.9. The fourth-order valence-corrected chi connectivity index (χ4v) is 3.04. The smallest absolute Gasteiger partial charge is 0.118 e. The molecule has 3 nitrogen and oxygen atoms in total. The molecule has 0 radical (unpaired) electrons. The van der Waals surface area contributed by atoms with Gasteiger partial charge < -0.3 is 9.73 Å². The van der Waals surface area contributed by atoms with Gasteiger partial charge in [-0.2, -0.15) is 0 Å². The van der Waals surface area contributed by atoms with Crippen LogP contribution in [0.3, 0.4) is 0 Å². The summed E-state index contributed by atoms with van der Waals surface area (Å²) in [5, 5.41) is 3.50. The van der Waals surface area contributed by atoms with Crippen molar-refractivity contribution in [3.8, 4) is 0 Å². The maximum absolute atomic E-state index is 5.96. The lowest BCUT2D eigenvalue weighted by molar-refractivity contribution is 0.249. The lowest BCUT2D eigenvalue weighted by Crippen LogP contribution is -2.24. The van der Waals surface area contributed by atoms with E-state index >= 15 is 0 Å². The van der Waals surface area contributed by atoms with Gasteiger partial charge in [0.05, 0.1) is 6.54 Å². The quantitative estimate of drug-likeness (QED) is 0.860. The van der Waals surface area contributed by atoms with Gasteiger partial charge in [0.25, 0.3) is 0 Å². The molecule has 120 valence electrons. The Balaban J connectivity index is 1.86. The van der Waals surface area contributed by atoms with E-state index in [9.17, 15) is 0 Å². The molecule has 21 heavy (non-hydrogen) atoms. The molecule has 2 rings (SSSR count). The molecule has 0 spiro atoms. The van der Waals surface area contributed by atoms with E-state index in [4.69, 9.17) is 4.42 Å². The van der Waals surface area contributed by atoms with E-state index in [-0.39, 0.29) is 0 Å². The first-order chi connectivity index (χ1) is 10.0. The van der Waals surface area contributed by atoms with Crippen LogP contribution in [0.15, 0.2) is 10.5 Å². The second-order valence-corrected chi connectivity index (χ2v) is 7.13. The van der Waals surface area contributed by atoms with Gasteiger partial charge in [0, 0.05) is 12.1 Å². The number of hydrogen-bond acceptors (Lipinski definition) is 3. The van der Waals surface area contributed by atoms with Crippen LogP contribution in [0.4, 0.5) is 0 Å². The van der Waals surface area contributed by atoms with Gasteiger partial charge in [-0.3, -0.25) is 4.90 Å². The molecule has 1 aliphatic rings. The summed E-state index contributed by atoms with van der Waals surface area (Å²) in [6.45, 7) is 14.3. The first-order valence-electron chi connectivity index (χ1n) is 8.56. The van der Waals surface area contributed by atoms with E-state index < -0.39 is 0 Å². The minimum atomic E-state index is 0.691. The van der Waals surface area contributed by atoms with Crippen molar-refractivity contribution >= 4 is 0 Å². The maximum Gasteiger partial charge on any atom is 0.118 e. The molecule has 0 saturated carbocycles. The van der Waals surface area contributed by atoms with E-state index in [2.05, 4.69) is 44.0 Å². The van der Waals surface area contributed by atoms with Gasteiger partial charge in [0.15, 0.2) is 0 Å². The van der Waals surface area contributed by atoms with E-state index in [0.717, 1.165) is 37.1 Å². The second kappa shape index (κ2) is 8.00. The Morgan fingerprint density at radius 1 is 1.33 bits per heavy atom. The van der Waals surface area contributed by atoms with Crippen molar-refractivity contribution in [3.63, 3.8) is 0 Å². The summed E-state index contributed by atoms with van der Waals surface area (Å²) in [6, 6.07) is 2.25. The standard InChI is InChI=1S/C18H32N2O/c1-14(2)11-19-12-17-10-18(21-16(17)4)13-20-8-5-6-15(3)7-9-20/h10,14-15,19H,5-9,11-13H2,1-4H3. The van der Waals surface area contributed by atoms with Gasteiger partial charge in [0.2, 0.25) is 0 Å². The summed E-state index contributed by atoms with van der Waals surface area (Å²) >= 11 is 0. The summed E-state index contributed by atoms with van der Waals surface area (Å²) < 4.78 is 5.96. The number of hydrogen-bond donors (Lipinski definition) is 1. The van der Waals surface area contributed by atoms with Crippen LogP contribution in [0.2, 0.25) is 0 Å². The number of nitrogens with one attached hydrogen (secondary N) is 1. The first-order valence-corrected chi connectivity index (χ1v) is 8.56. The molecular formula is C18H32N2O. The van der Waals surface area contributed by atoms with Gasteiger partial charge in [0.1, 0.15) is 11.5 Å². The van der Waals surface area contributed by atoms with Crippen LogP contribution < -0.4 is 5.32 Å². The molecule has 1 unspecified atom stereocenters. The predicted molar refractivity (Wildman–Crippen MR) is 88.3 cm³/mol. The van der Waals surface area contributed by atoms with Crippen molar-refractivity contribution in [3.05, 3.63) is 23.2 Å². The zero-order valence-electron chi connectivity index (χ0n) is 14.2. The SMILES string of the molecule is Cc1oc(CN2CCCC(C)CC2)cc1CNCC(C)C. The zero-order chi connectivity index (χ0) is 15.2. The summed E-state index contributed by atoms with van der Waals surface area (Å²) in [5.74, 6) is 3.77. The fraction of sp³-hybridized carbons (Fsp3) is 0.778. The highest BCUT2D eigenvalue weighted by atomic mass is 16.3. The fourth-order valence-electron chi connectivity index (χ4n) is 3.04. The van der Waals surface area contributed by atoms with Crippen molar-refractivity contribution in [1.29, 1.82) is 0 Å². The molecule has 1 aromatic heterocycles. The van der Waals surface area contributed by atoms with E-state index in [0.29, 0.717) is 5.92 Å². The van der Waals surface area contributed by atoms with Crippen molar-refractivity contribution in [1.82, 2.24) is 10.2 Å². The molecule has 1 aliphatic heterocycles. The molecule has 1 fully saturated rings. The summed E-state index contributed by atoms with van der Waals surface area (Å²) in [6.07, 6.45) is 4.02. The Morgan fingerprint density at radius 2 is 2.14 bits per heavy atom. The Hall–Kier alpha value is -0.800. The Labute approximate surface area is 130 Å². The average molecular weight is 292 g/mol. The lowest BCUT2D eigenvalue weighted by atomic mass is 10.0. The molecule has 1 aromatic rings. The number of furan rings is 1. The Bertz CT molecular complexity index is 425. The summed E-state index contributed by atoms with van der Waals surface area (Å²) in [4.78, 5) is 2.55. The molecule has 0 bridgehead atoms. The maximum atomic E-state index is 5.96. The second-order valence-electron chi connectivity index (χ2n) is 7.13. The average Bonchev–Trinajstić information content (AvgIpc) is 2.62. The molecular weight excluding hydrogens is 260 g/mol. The summed E-state index contributed by atoms with van der Waals surface area (Å²) in [5.41, 5.74) is 1.31. The molecule has 0 aliphatic carbocycles. The monoisotopic (exact) mass is 292 g/mol. The van der Waals surface area contributed by atoms with E-state index in [1.165, 1.54) is 37.9 Å². The molecule has 1 atom stereocenters. The predicted octanol–water partition coefficient (Wildman–Crippen LogP) is 3.96. The van der Waals surface area contributed by atoms with Gasteiger partial charge in [-0.25, -0.2) is 0 Å². The van der Waals surface area contributed by atoms with Crippen LogP contribution in [0.25, 0.3) is 0 Å². The number of nitrogens with zero attached hydrogens (tertiary/aromatic N) is 1. The van der Waals surface area contributed by atoms with Crippen LogP contribution in [-0.2, 0) is 13.1 Å². The van der Waals surface area contributed by atoms with Gasteiger partial charge in [-0.15, -0.1) is 0 Å². The van der Waals surface area contributed by atoms with Crippen LogP contribution in [0, 0.1) is 18.8 Å². The largest absolute Gasteiger partial charge is 0.465 e. The van der Waals surface area contributed by atoms with Crippen molar-refractivity contribution < 1.29 is 4.42 Å². The number of likely N-dealkylation sites (tertiary alicyclic amines) is 1. The van der Waals surface area contributed by atoms with Crippen LogP contribution >= 0.6 is 0 Å². The molecule has 2 heterocycles. The van der Waals surface area contributed by atoms with Gasteiger partial charge in [-0.1, -0.05) is 20.8 Å². The topological polar surface area (TPSA) is 28.4 Å². The Kier molecular flexibility index (Phi) is 6.31. The number of aryl methyl sites for hydroxylation is 1. The third kappa shape index (κ3) is 5.48. The van der Waals surface area contributed by atoms with Crippen molar-refractivity contribution in [2.24, 2.45) is 11.8 Å². The highest BCUT2D eigenvalue weighted by Crippen LogP contribution is 2.20. The molecule has 0 amide bonds. The molecule has 1 saturated heterocycles. The van der Waals surface area contributed by atoms with Gasteiger partial charge in [-0.05, 0) is 63.7 Å². The number of rotatable bonds is 6. The minimum absolute atomic E-state index is 0.691. The van der Waals surface area contributed by atoms with Gasteiger partial charge >= 0.3 is 0 Å².